The van der Waals surface area contributed by atoms with Gasteiger partial charge in [-0.25, -0.2) is 17.5 Å². The molecule has 1 unspecified atom stereocenters. The maximum absolute atomic E-state index is 12.9. The maximum atomic E-state index is 12.9. The zero-order chi connectivity index (χ0) is 17.0. The third kappa shape index (κ3) is 5.14. The van der Waals surface area contributed by atoms with E-state index in [1.54, 1.807) is 0 Å². The van der Waals surface area contributed by atoms with Crippen molar-refractivity contribution in [2.75, 3.05) is 13.1 Å². The van der Waals surface area contributed by atoms with Crippen LogP contribution in [0.25, 0.3) is 0 Å². The van der Waals surface area contributed by atoms with E-state index in [0.717, 1.165) is 12.1 Å². The summed E-state index contributed by atoms with van der Waals surface area (Å²) in [5, 5.41) is 9.17. The summed E-state index contributed by atoms with van der Waals surface area (Å²) < 4.78 is 40.0. The van der Waals surface area contributed by atoms with Gasteiger partial charge < -0.3 is 5.11 Å². The van der Waals surface area contributed by atoms with E-state index in [1.807, 2.05) is 11.8 Å². The molecule has 0 bridgehead atoms. The molecule has 1 saturated heterocycles. The van der Waals surface area contributed by atoms with Gasteiger partial charge in [0.15, 0.2) is 0 Å². The molecule has 0 spiro atoms. The van der Waals surface area contributed by atoms with Gasteiger partial charge in [0.1, 0.15) is 11.9 Å². The minimum absolute atomic E-state index is 0. The molecule has 6 nitrogen and oxygen atoms in total. The Morgan fingerprint density at radius 3 is 2.33 bits per heavy atom. The van der Waals surface area contributed by atoms with Gasteiger partial charge in [-0.3, -0.25) is 9.69 Å². The van der Waals surface area contributed by atoms with Gasteiger partial charge in [0.2, 0.25) is 10.0 Å². The van der Waals surface area contributed by atoms with E-state index in [1.165, 1.54) is 12.1 Å². The third-order valence-electron chi connectivity index (χ3n) is 4.09. The number of hydrogen-bond donors (Lipinski definition) is 2. The number of piperidine rings is 1. The lowest BCUT2D eigenvalue weighted by Crippen LogP contribution is -2.50. The van der Waals surface area contributed by atoms with E-state index in [0.29, 0.717) is 32.4 Å². The highest BCUT2D eigenvalue weighted by molar-refractivity contribution is 7.89. The number of carbonyl (C=O) groups is 1. The Kier molecular flexibility index (Phi) is 7.59. The van der Waals surface area contributed by atoms with Gasteiger partial charge >= 0.3 is 5.97 Å². The van der Waals surface area contributed by atoms with Crippen LogP contribution in [0.4, 0.5) is 4.39 Å². The molecule has 1 aliphatic rings. The Morgan fingerprint density at radius 2 is 1.88 bits per heavy atom. The maximum Gasteiger partial charge on any atom is 0.320 e. The molecule has 1 aromatic rings. The summed E-state index contributed by atoms with van der Waals surface area (Å²) in [6.45, 7) is 2.88. The normalized spacial score (nSPS) is 17.9. The molecule has 0 saturated carbocycles. The summed E-state index contributed by atoms with van der Waals surface area (Å²) in [5.41, 5.74) is 0. The summed E-state index contributed by atoms with van der Waals surface area (Å²) in [6.07, 6.45) is 1.61. The molecular formula is C15H22ClFN2O4S. The second kappa shape index (κ2) is 8.75. The Labute approximate surface area is 147 Å². The molecular weight excluding hydrogens is 359 g/mol. The van der Waals surface area contributed by atoms with Gasteiger partial charge in [0.05, 0.1) is 4.90 Å². The zero-order valence-corrected chi connectivity index (χ0v) is 14.9. The lowest BCUT2D eigenvalue weighted by atomic mass is 10.0. The van der Waals surface area contributed by atoms with Gasteiger partial charge in [-0.1, -0.05) is 6.92 Å². The fourth-order valence-electron chi connectivity index (χ4n) is 2.82. The van der Waals surface area contributed by atoms with E-state index < -0.39 is 27.9 Å². The van der Waals surface area contributed by atoms with Crippen molar-refractivity contribution in [3.63, 3.8) is 0 Å². The molecule has 1 heterocycles. The molecule has 1 fully saturated rings. The van der Waals surface area contributed by atoms with Crippen molar-refractivity contribution in [3.8, 4) is 0 Å². The molecule has 0 aliphatic carbocycles. The topological polar surface area (TPSA) is 86.7 Å². The molecule has 9 heteroatoms. The highest BCUT2D eigenvalue weighted by Gasteiger charge is 2.30. The molecule has 1 aliphatic heterocycles. The van der Waals surface area contributed by atoms with E-state index in [9.17, 15) is 17.6 Å². The average molecular weight is 381 g/mol. The number of sulfonamides is 1. The first-order chi connectivity index (χ1) is 10.8. The SMILES string of the molecule is CCC(C(=O)O)N1CCC(NS(=O)(=O)c2ccc(F)cc2)CC1.Cl. The average Bonchev–Trinajstić information content (AvgIpc) is 2.49. The van der Waals surface area contributed by atoms with Gasteiger partial charge in [-0.05, 0) is 43.5 Å². The van der Waals surface area contributed by atoms with Crippen molar-refractivity contribution >= 4 is 28.4 Å². The van der Waals surface area contributed by atoms with Crippen molar-refractivity contribution in [2.45, 2.75) is 43.2 Å². The molecule has 0 amide bonds. The van der Waals surface area contributed by atoms with Crippen LogP contribution < -0.4 is 4.72 Å². The molecule has 0 aromatic heterocycles. The monoisotopic (exact) mass is 380 g/mol. The highest BCUT2D eigenvalue weighted by Crippen LogP contribution is 2.18. The first-order valence-electron chi connectivity index (χ1n) is 7.58. The molecule has 136 valence electrons. The first kappa shape index (κ1) is 20.8. The predicted octanol–water partition coefficient (Wildman–Crippen LogP) is 1.85. The highest BCUT2D eigenvalue weighted by atomic mass is 35.5. The Hall–Kier alpha value is -1.22. The minimum Gasteiger partial charge on any atom is -0.480 e. The molecule has 24 heavy (non-hydrogen) atoms. The number of carboxylic acids is 1. The van der Waals surface area contributed by atoms with Crippen molar-refractivity contribution in [2.24, 2.45) is 0 Å². The van der Waals surface area contributed by atoms with Gasteiger partial charge in [-0.15, -0.1) is 12.4 Å². The molecule has 0 radical (unpaired) electrons. The first-order valence-corrected chi connectivity index (χ1v) is 9.06. The van der Waals surface area contributed by atoms with E-state index in [4.69, 9.17) is 5.11 Å². The summed E-state index contributed by atoms with van der Waals surface area (Å²) >= 11 is 0. The van der Waals surface area contributed by atoms with Crippen molar-refractivity contribution in [1.29, 1.82) is 0 Å². The van der Waals surface area contributed by atoms with E-state index in [-0.39, 0.29) is 23.3 Å². The van der Waals surface area contributed by atoms with Crippen LogP contribution in [0.2, 0.25) is 0 Å². The lowest BCUT2D eigenvalue weighted by Gasteiger charge is -2.35. The van der Waals surface area contributed by atoms with Gasteiger partial charge in [0, 0.05) is 19.1 Å². The fourth-order valence-corrected chi connectivity index (χ4v) is 4.12. The van der Waals surface area contributed by atoms with E-state index >= 15 is 0 Å². The fraction of sp³-hybridized carbons (Fsp3) is 0.533. The largest absolute Gasteiger partial charge is 0.480 e. The zero-order valence-electron chi connectivity index (χ0n) is 13.3. The summed E-state index contributed by atoms with van der Waals surface area (Å²) in [7, 11) is -3.69. The Balaban J connectivity index is 0.00000288. The van der Waals surface area contributed by atoms with Crippen LogP contribution in [-0.2, 0) is 14.8 Å². The van der Waals surface area contributed by atoms with Gasteiger partial charge in [-0.2, -0.15) is 0 Å². The minimum atomic E-state index is -3.69. The molecule has 1 atom stereocenters. The number of aliphatic carboxylic acids is 1. The van der Waals surface area contributed by atoms with E-state index in [2.05, 4.69) is 4.72 Å². The second-order valence-electron chi connectivity index (χ2n) is 5.65. The number of hydrogen-bond acceptors (Lipinski definition) is 4. The molecule has 1 aromatic carbocycles. The summed E-state index contributed by atoms with van der Waals surface area (Å²) in [6, 6.07) is 3.90. The predicted molar refractivity (Wildman–Crippen MR) is 90.3 cm³/mol. The van der Waals surface area contributed by atoms with Crippen LogP contribution in [0.1, 0.15) is 26.2 Å². The number of nitrogens with one attached hydrogen (secondary N) is 1. The van der Waals surface area contributed by atoms with Crippen LogP contribution in [-0.4, -0.2) is 49.6 Å². The Morgan fingerprint density at radius 1 is 1.33 bits per heavy atom. The van der Waals surface area contributed by atoms with Crippen molar-refractivity contribution < 1.29 is 22.7 Å². The van der Waals surface area contributed by atoms with Crippen molar-refractivity contribution in [3.05, 3.63) is 30.1 Å². The summed E-state index contributed by atoms with van der Waals surface area (Å²) in [4.78, 5) is 13.1. The van der Waals surface area contributed by atoms with Crippen molar-refractivity contribution in [1.82, 2.24) is 9.62 Å². The second-order valence-corrected chi connectivity index (χ2v) is 7.36. The standard InChI is InChI=1S/C15H21FN2O4S.ClH/c1-2-14(15(19)20)18-9-7-12(8-10-18)17-23(21,22)13-5-3-11(16)4-6-13;/h3-6,12,14,17H,2,7-10H2,1H3,(H,19,20);1H. The number of carboxylic acid groups (broad SMARTS) is 1. The van der Waals surface area contributed by atoms with Gasteiger partial charge in [0.25, 0.3) is 0 Å². The number of benzene rings is 1. The molecule has 2 rings (SSSR count). The number of likely N-dealkylation sites (tertiary alicyclic amines) is 1. The van der Waals surface area contributed by atoms with Crippen LogP contribution in [0, 0.1) is 5.82 Å². The van der Waals surface area contributed by atoms with Crippen LogP contribution in [0.3, 0.4) is 0 Å². The quantitative estimate of drug-likeness (QED) is 0.786. The smallest absolute Gasteiger partial charge is 0.320 e. The van der Waals surface area contributed by atoms with Crippen LogP contribution in [0.15, 0.2) is 29.2 Å². The number of nitrogens with zero attached hydrogens (tertiary/aromatic N) is 1. The summed E-state index contributed by atoms with van der Waals surface area (Å²) in [5.74, 6) is -1.34. The Bertz CT molecular complexity index is 646. The number of rotatable bonds is 6. The molecule has 2 N–H and O–H groups in total. The lowest BCUT2D eigenvalue weighted by molar-refractivity contribution is -0.143. The van der Waals surface area contributed by atoms with Crippen LogP contribution >= 0.6 is 12.4 Å². The van der Waals surface area contributed by atoms with Crippen LogP contribution in [0.5, 0.6) is 0 Å². The third-order valence-corrected chi connectivity index (χ3v) is 5.62. The number of halogens is 2.